The fourth-order valence-electron chi connectivity index (χ4n) is 3.54. The second-order valence-electron chi connectivity index (χ2n) is 7.67. The lowest BCUT2D eigenvalue weighted by Gasteiger charge is -2.38. The van der Waals surface area contributed by atoms with E-state index in [0.29, 0.717) is 30.8 Å². The van der Waals surface area contributed by atoms with Crippen molar-refractivity contribution in [3.8, 4) is 5.75 Å². The highest BCUT2D eigenvalue weighted by Crippen LogP contribution is 2.42. The maximum atomic E-state index is 16.0. The predicted octanol–water partition coefficient (Wildman–Crippen LogP) is 4.70. The lowest BCUT2D eigenvalue weighted by atomic mass is 9.77. The van der Waals surface area contributed by atoms with Gasteiger partial charge < -0.3 is 4.74 Å². The number of sulfonamides is 1. The average molecular weight is 406 g/mol. The van der Waals surface area contributed by atoms with Gasteiger partial charge in [-0.2, -0.15) is 0 Å². The van der Waals surface area contributed by atoms with Crippen LogP contribution in [-0.2, 0) is 22.3 Å². The summed E-state index contributed by atoms with van der Waals surface area (Å²) in [5.74, 6) is 0.659. The van der Waals surface area contributed by atoms with Gasteiger partial charge in [0, 0.05) is 0 Å². The number of nitrogens with one attached hydrogen (secondary N) is 1. The van der Waals surface area contributed by atoms with Crippen LogP contribution in [0.25, 0.3) is 0 Å². The fraction of sp³-hybridized carbons (Fsp3) is 0.455. The first-order valence-corrected chi connectivity index (χ1v) is 11.3. The molecule has 3 rings (SSSR count). The standard InChI is InChI=1S/C22H28FNO3S/c1-17(2)28(25,26)24-21-10-6-7-15-22(21,23)19-11-13-20(14-12-19)27-16-18-8-4-3-5-9-18/h3-5,8-9,11-14,17,21,24H,6-7,10,15-16H2,1-2H3/t21-,22-/m1/s1. The second kappa shape index (κ2) is 8.62. The number of alkyl halides is 1. The normalized spacial score (nSPS) is 22.9. The van der Waals surface area contributed by atoms with Gasteiger partial charge in [0.15, 0.2) is 5.67 Å². The highest BCUT2D eigenvalue weighted by atomic mass is 32.2. The highest BCUT2D eigenvalue weighted by Gasteiger charge is 2.44. The van der Waals surface area contributed by atoms with E-state index in [0.717, 1.165) is 18.4 Å². The molecule has 1 aliphatic carbocycles. The Kier molecular flexibility index (Phi) is 6.40. The lowest BCUT2D eigenvalue weighted by Crippen LogP contribution is -2.51. The van der Waals surface area contributed by atoms with E-state index in [1.165, 1.54) is 0 Å². The third kappa shape index (κ3) is 4.73. The first-order valence-electron chi connectivity index (χ1n) is 9.78. The fourth-order valence-corrected chi connectivity index (χ4v) is 4.51. The Labute approximate surface area is 167 Å². The maximum absolute atomic E-state index is 16.0. The minimum Gasteiger partial charge on any atom is -0.489 e. The van der Waals surface area contributed by atoms with E-state index in [1.54, 1.807) is 38.1 Å². The molecular formula is C22H28FNO3S. The SMILES string of the molecule is CC(C)S(=O)(=O)N[C@@H]1CCCC[C@@]1(F)c1ccc(OCc2ccccc2)cc1. The van der Waals surface area contributed by atoms with Crippen molar-refractivity contribution in [1.29, 1.82) is 0 Å². The molecule has 0 heterocycles. The summed E-state index contributed by atoms with van der Waals surface area (Å²) in [7, 11) is -3.54. The van der Waals surface area contributed by atoms with Crippen molar-refractivity contribution in [3.63, 3.8) is 0 Å². The van der Waals surface area contributed by atoms with Crippen molar-refractivity contribution in [2.75, 3.05) is 0 Å². The number of hydrogen-bond acceptors (Lipinski definition) is 3. The first kappa shape index (κ1) is 20.8. The molecule has 0 saturated heterocycles. The summed E-state index contributed by atoms with van der Waals surface area (Å²) in [6.45, 7) is 3.64. The molecule has 1 N–H and O–H groups in total. The van der Waals surface area contributed by atoms with Gasteiger partial charge in [0.2, 0.25) is 10.0 Å². The van der Waals surface area contributed by atoms with Crippen molar-refractivity contribution < 1.29 is 17.5 Å². The van der Waals surface area contributed by atoms with Gasteiger partial charge in [0.1, 0.15) is 12.4 Å². The molecule has 0 aliphatic heterocycles. The van der Waals surface area contributed by atoms with E-state index in [4.69, 9.17) is 4.74 Å². The predicted molar refractivity (Wildman–Crippen MR) is 109 cm³/mol. The van der Waals surface area contributed by atoms with E-state index in [1.807, 2.05) is 30.3 Å². The van der Waals surface area contributed by atoms with E-state index < -0.39 is 27.0 Å². The molecule has 1 saturated carbocycles. The molecule has 0 unspecified atom stereocenters. The van der Waals surface area contributed by atoms with Crippen LogP contribution in [0.15, 0.2) is 54.6 Å². The number of hydrogen-bond donors (Lipinski definition) is 1. The Morgan fingerprint density at radius 3 is 2.43 bits per heavy atom. The van der Waals surface area contributed by atoms with Crippen molar-refractivity contribution in [2.45, 2.75) is 63.1 Å². The molecule has 2 atom stereocenters. The zero-order valence-electron chi connectivity index (χ0n) is 16.4. The summed E-state index contributed by atoms with van der Waals surface area (Å²) in [6, 6.07) is 16.0. The topological polar surface area (TPSA) is 55.4 Å². The molecular weight excluding hydrogens is 377 g/mol. The van der Waals surface area contributed by atoms with Gasteiger partial charge in [-0.25, -0.2) is 17.5 Å². The molecule has 0 spiro atoms. The van der Waals surface area contributed by atoms with Gasteiger partial charge in [0.25, 0.3) is 0 Å². The number of benzene rings is 2. The summed E-state index contributed by atoms with van der Waals surface area (Å²) < 4.78 is 48.9. The second-order valence-corrected chi connectivity index (χ2v) is 9.94. The van der Waals surface area contributed by atoms with E-state index in [-0.39, 0.29) is 0 Å². The third-order valence-corrected chi connectivity index (χ3v) is 7.20. The monoisotopic (exact) mass is 405 g/mol. The molecule has 1 aliphatic rings. The van der Waals surface area contributed by atoms with Gasteiger partial charge in [-0.15, -0.1) is 0 Å². The zero-order chi connectivity index (χ0) is 20.2. The summed E-state index contributed by atoms with van der Waals surface area (Å²) in [6.07, 6.45) is 2.36. The smallest absolute Gasteiger partial charge is 0.214 e. The molecule has 2 aromatic carbocycles. The van der Waals surface area contributed by atoms with Crippen LogP contribution in [0.3, 0.4) is 0 Å². The van der Waals surface area contributed by atoms with Crippen molar-refractivity contribution in [2.24, 2.45) is 0 Å². The van der Waals surface area contributed by atoms with Crippen molar-refractivity contribution >= 4 is 10.0 Å². The number of halogens is 1. The molecule has 0 aromatic heterocycles. The Balaban J connectivity index is 1.74. The van der Waals surface area contributed by atoms with Crippen LogP contribution in [0.4, 0.5) is 4.39 Å². The molecule has 152 valence electrons. The lowest BCUT2D eigenvalue weighted by molar-refractivity contribution is 0.0711. The minimum absolute atomic E-state index is 0.308. The highest BCUT2D eigenvalue weighted by molar-refractivity contribution is 7.90. The summed E-state index contributed by atoms with van der Waals surface area (Å²) in [5.41, 5.74) is -0.155. The van der Waals surface area contributed by atoms with Gasteiger partial charge in [0.05, 0.1) is 11.3 Å². The van der Waals surface area contributed by atoms with Gasteiger partial charge in [-0.1, -0.05) is 48.9 Å². The van der Waals surface area contributed by atoms with E-state index >= 15 is 4.39 Å². The Bertz CT molecular complexity index is 868. The molecule has 1 fully saturated rings. The largest absolute Gasteiger partial charge is 0.489 e. The molecule has 6 heteroatoms. The van der Waals surface area contributed by atoms with Crippen LogP contribution in [0.5, 0.6) is 5.75 Å². The van der Waals surface area contributed by atoms with Gasteiger partial charge >= 0.3 is 0 Å². The zero-order valence-corrected chi connectivity index (χ0v) is 17.2. The molecule has 0 bridgehead atoms. The summed E-state index contributed by atoms with van der Waals surface area (Å²) in [4.78, 5) is 0. The Morgan fingerprint density at radius 2 is 1.79 bits per heavy atom. The van der Waals surface area contributed by atoms with Crippen molar-refractivity contribution in [1.82, 2.24) is 4.72 Å². The average Bonchev–Trinajstić information content (AvgIpc) is 2.69. The molecule has 0 radical (unpaired) electrons. The van der Waals surface area contributed by atoms with Crippen LogP contribution < -0.4 is 9.46 Å². The van der Waals surface area contributed by atoms with Crippen LogP contribution in [0.2, 0.25) is 0 Å². The Morgan fingerprint density at radius 1 is 1.11 bits per heavy atom. The van der Waals surface area contributed by atoms with Crippen LogP contribution in [0.1, 0.15) is 50.7 Å². The van der Waals surface area contributed by atoms with E-state index in [9.17, 15) is 8.42 Å². The summed E-state index contributed by atoms with van der Waals surface area (Å²) in [5, 5.41) is -0.590. The minimum atomic E-state index is -3.54. The summed E-state index contributed by atoms with van der Waals surface area (Å²) >= 11 is 0. The van der Waals surface area contributed by atoms with Gasteiger partial charge in [-0.3, -0.25) is 0 Å². The molecule has 4 nitrogen and oxygen atoms in total. The molecule has 0 amide bonds. The first-order chi connectivity index (χ1) is 13.3. The molecule has 28 heavy (non-hydrogen) atoms. The van der Waals surface area contributed by atoms with Crippen molar-refractivity contribution in [3.05, 3.63) is 65.7 Å². The number of ether oxygens (including phenoxy) is 1. The van der Waals surface area contributed by atoms with Crippen LogP contribution in [0, 0.1) is 0 Å². The van der Waals surface area contributed by atoms with Crippen LogP contribution in [-0.4, -0.2) is 19.7 Å². The van der Waals surface area contributed by atoms with E-state index in [2.05, 4.69) is 4.72 Å². The molecule has 2 aromatic rings. The Hall–Kier alpha value is -1.92. The third-order valence-electron chi connectivity index (χ3n) is 5.35. The quantitative estimate of drug-likeness (QED) is 0.726. The van der Waals surface area contributed by atoms with Gasteiger partial charge in [-0.05, 0) is 56.4 Å². The maximum Gasteiger partial charge on any atom is 0.214 e. The number of rotatable bonds is 7. The van der Waals surface area contributed by atoms with Crippen LogP contribution >= 0.6 is 0 Å².